The molecule has 17 heavy (non-hydrogen) atoms. The SMILES string of the molecule is CC12C3=CC=CC1c1ccccc1C2CCC3. The minimum absolute atomic E-state index is 0.386. The Hall–Kier alpha value is -1.30. The highest BCUT2D eigenvalue weighted by Crippen LogP contribution is 2.64. The topological polar surface area (TPSA) is 0 Å². The van der Waals surface area contributed by atoms with Crippen molar-refractivity contribution >= 4 is 0 Å². The van der Waals surface area contributed by atoms with Crippen LogP contribution in [0.25, 0.3) is 0 Å². The monoisotopic (exact) mass is 222 g/mol. The molecule has 3 aliphatic rings. The zero-order chi connectivity index (χ0) is 11.5. The van der Waals surface area contributed by atoms with Gasteiger partial charge in [-0.2, -0.15) is 0 Å². The molecule has 0 saturated heterocycles. The molecule has 0 aliphatic heterocycles. The number of fused-ring (bicyclic) bond motifs is 3. The largest absolute Gasteiger partial charge is 0.0761 e. The summed E-state index contributed by atoms with van der Waals surface area (Å²) < 4.78 is 0. The molecule has 0 aromatic heterocycles. The average molecular weight is 222 g/mol. The maximum absolute atomic E-state index is 2.50. The van der Waals surface area contributed by atoms with Gasteiger partial charge in [-0.1, -0.05) is 55.0 Å². The molecule has 86 valence electrons. The van der Waals surface area contributed by atoms with Gasteiger partial charge in [0.1, 0.15) is 0 Å². The van der Waals surface area contributed by atoms with E-state index < -0.39 is 0 Å². The Kier molecular flexibility index (Phi) is 1.79. The molecule has 0 bridgehead atoms. The maximum Gasteiger partial charge on any atom is 0.0121 e. The summed E-state index contributed by atoms with van der Waals surface area (Å²) in [5, 5.41) is 0. The molecule has 4 rings (SSSR count). The molecule has 0 radical (unpaired) electrons. The van der Waals surface area contributed by atoms with Gasteiger partial charge in [0, 0.05) is 11.3 Å². The average Bonchev–Trinajstić information content (AvgIpc) is 2.62. The van der Waals surface area contributed by atoms with Crippen molar-refractivity contribution in [1.29, 1.82) is 0 Å². The van der Waals surface area contributed by atoms with Crippen LogP contribution in [0.2, 0.25) is 0 Å². The van der Waals surface area contributed by atoms with Crippen LogP contribution >= 0.6 is 0 Å². The van der Waals surface area contributed by atoms with E-state index in [4.69, 9.17) is 0 Å². The third-order valence-corrected chi connectivity index (χ3v) is 5.31. The molecule has 0 N–H and O–H groups in total. The Morgan fingerprint density at radius 3 is 2.88 bits per heavy atom. The van der Waals surface area contributed by atoms with E-state index in [9.17, 15) is 0 Å². The van der Waals surface area contributed by atoms with Crippen molar-refractivity contribution in [2.24, 2.45) is 5.41 Å². The normalized spacial score (nSPS) is 37.4. The van der Waals surface area contributed by atoms with Crippen LogP contribution in [-0.4, -0.2) is 0 Å². The number of benzene rings is 1. The Labute approximate surface area is 103 Å². The quantitative estimate of drug-likeness (QED) is 0.604. The van der Waals surface area contributed by atoms with Crippen molar-refractivity contribution in [2.75, 3.05) is 0 Å². The van der Waals surface area contributed by atoms with E-state index in [1.165, 1.54) is 19.3 Å². The first-order chi connectivity index (χ1) is 8.32. The van der Waals surface area contributed by atoms with E-state index >= 15 is 0 Å². The Morgan fingerprint density at radius 1 is 1.18 bits per heavy atom. The van der Waals surface area contributed by atoms with Crippen LogP contribution in [0, 0.1) is 5.41 Å². The molecule has 3 atom stereocenters. The van der Waals surface area contributed by atoms with E-state index in [1.807, 2.05) is 0 Å². The fourth-order valence-electron chi connectivity index (χ4n) is 4.47. The Bertz CT molecular complexity index is 535. The first kappa shape index (κ1) is 9.70. The van der Waals surface area contributed by atoms with Crippen molar-refractivity contribution in [1.82, 2.24) is 0 Å². The number of allylic oxidation sites excluding steroid dienone is 4. The lowest BCUT2D eigenvalue weighted by Gasteiger charge is -2.44. The summed E-state index contributed by atoms with van der Waals surface area (Å²) in [5.74, 6) is 1.39. The molecule has 1 saturated carbocycles. The molecule has 0 amide bonds. The standard InChI is InChI=1S/C17H18/c1-17-12-6-4-10-15(17)13-8-2-3-9-14(13)16(17)11-5-7-12/h2-4,6,8-10,15-16H,5,7,11H2,1H3. The Morgan fingerprint density at radius 2 is 2.00 bits per heavy atom. The van der Waals surface area contributed by atoms with Crippen LogP contribution in [0.4, 0.5) is 0 Å². The minimum Gasteiger partial charge on any atom is -0.0761 e. The van der Waals surface area contributed by atoms with Crippen LogP contribution in [0.15, 0.2) is 48.1 Å². The minimum atomic E-state index is 0.386. The molecule has 3 unspecified atom stereocenters. The van der Waals surface area contributed by atoms with Crippen LogP contribution < -0.4 is 0 Å². The van der Waals surface area contributed by atoms with Crippen molar-refractivity contribution in [3.05, 3.63) is 59.2 Å². The lowest BCUT2D eigenvalue weighted by molar-refractivity contribution is 0.251. The molecule has 3 aliphatic carbocycles. The highest BCUT2D eigenvalue weighted by molar-refractivity contribution is 5.52. The predicted molar refractivity (Wildman–Crippen MR) is 71.1 cm³/mol. The summed E-state index contributed by atoms with van der Waals surface area (Å²) in [5.41, 5.74) is 5.29. The van der Waals surface area contributed by atoms with Crippen LogP contribution in [-0.2, 0) is 0 Å². The van der Waals surface area contributed by atoms with Gasteiger partial charge < -0.3 is 0 Å². The van der Waals surface area contributed by atoms with E-state index in [-0.39, 0.29) is 0 Å². The fourth-order valence-corrected chi connectivity index (χ4v) is 4.47. The molecule has 1 fully saturated rings. The van der Waals surface area contributed by atoms with Crippen molar-refractivity contribution in [3.63, 3.8) is 0 Å². The van der Waals surface area contributed by atoms with E-state index in [0.29, 0.717) is 11.3 Å². The van der Waals surface area contributed by atoms with Gasteiger partial charge in [-0.05, 0) is 36.3 Å². The van der Waals surface area contributed by atoms with E-state index in [0.717, 1.165) is 5.92 Å². The summed E-state index contributed by atoms with van der Waals surface area (Å²) >= 11 is 0. The van der Waals surface area contributed by atoms with Crippen LogP contribution in [0.5, 0.6) is 0 Å². The Balaban J connectivity index is 2.00. The molecule has 0 spiro atoms. The van der Waals surface area contributed by atoms with Gasteiger partial charge in [0.2, 0.25) is 0 Å². The lowest BCUT2D eigenvalue weighted by Crippen LogP contribution is -2.32. The molecular weight excluding hydrogens is 204 g/mol. The number of rotatable bonds is 0. The molecule has 1 aromatic rings. The summed E-state index contributed by atoms with van der Waals surface area (Å²) in [4.78, 5) is 0. The molecular formula is C17H18. The third kappa shape index (κ3) is 1.04. The first-order valence-corrected chi connectivity index (χ1v) is 6.78. The van der Waals surface area contributed by atoms with E-state index in [1.54, 1.807) is 16.7 Å². The fraction of sp³-hybridized carbons (Fsp3) is 0.412. The molecule has 0 heteroatoms. The van der Waals surface area contributed by atoms with Gasteiger partial charge in [0.05, 0.1) is 0 Å². The summed E-state index contributed by atoms with van der Waals surface area (Å²) in [6.45, 7) is 2.50. The van der Waals surface area contributed by atoms with Gasteiger partial charge in [-0.25, -0.2) is 0 Å². The van der Waals surface area contributed by atoms with Gasteiger partial charge >= 0.3 is 0 Å². The van der Waals surface area contributed by atoms with E-state index in [2.05, 4.69) is 49.4 Å². The first-order valence-electron chi connectivity index (χ1n) is 6.78. The molecule has 0 nitrogen and oxygen atoms in total. The molecule has 1 aromatic carbocycles. The van der Waals surface area contributed by atoms with Crippen molar-refractivity contribution in [2.45, 2.75) is 38.0 Å². The van der Waals surface area contributed by atoms with Crippen molar-refractivity contribution in [3.8, 4) is 0 Å². The molecule has 0 heterocycles. The van der Waals surface area contributed by atoms with Crippen molar-refractivity contribution < 1.29 is 0 Å². The highest BCUT2D eigenvalue weighted by Gasteiger charge is 2.52. The lowest BCUT2D eigenvalue weighted by atomic mass is 9.60. The summed E-state index contributed by atoms with van der Waals surface area (Å²) in [6.07, 6.45) is 11.1. The van der Waals surface area contributed by atoms with Crippen LogP contribution in [0.3, 0.4) is 0 Å². The second-order valence-corrected chi connectivity index (χ2v) is 5.91. The maximum atomic E-state index is 2.50. The second kappa shape index (κ2) is 3.13. The predicted octanol–water partition coefficient (Wildman–Crippen LogP) is 4.55. The number of hydrogen-bond acceptors (Lipinski definition) is 0. The van der Waals surface area contributed by atoms with Crippen LogP contribution in [0.1, 0.15) is 49.1 Å². The zero-order valence-electron chi connectivity index (χ0n) is 10.3. The van der Waals surface area contributed by atoms with Gasteiger partial charge in [0.25, 0.3) is 0 Å². The third-order valence-electron chi connectivity index (χ3n) is 5.31. The van der Waals surface area contributed by atoms with Gasteiger partial charge in [-0.15, -0.1) is 0 Å². The van der Waals surface area contributed by atoms with Gasteiger partial charge in [-0.3, -0.25) is 0 Å². The summed E-state index contributed by atoms with van der Waals surface area (Å²) in [7, 11) is 0. The second-order valence-electron chi connectivity index (χ2n) is 5.91. The highest BCUT2D eigenvalue weighted by atomic mass is 14.6. The number of hydrogen-bond donors (Lipinski definition) is 0. The summed E-state index contributed by atoms with van der Waals surface area (Å²) in [6, 6.07) is 9.11. The smallest absolute Gasteiger partial charge is 0.0121 e. The van der Waals surface area contributed by atoms with Gasteiger partial charge in [0.15, 0.2) is 0 Å². The zero-order valence-corrected chi connectivity index (χ0v) is 10.3.